The Labute approximate surface area is 180 Å². The summed E-state index contributed by atoms with van der Waals surface area (Å²) < 4.78 is 43.9. The van der Waals surface area contributed by atoms with Crippen LogP contribution >= 0.6 is 0 Å². The summed E-state index contributed by atoms with van der Waals surface area (Å²) in [6.45, 7) is 2.76. The highest BCUT2D eigenvalue weighted by Crippen LogP contribution is 2.33. The van der Waals surface area contributed by atoms with Gasteiger partial charge < -0.3 is 19.5 Å². The Bertz CT molecular complexity index is 1080. The van der Waals surface area contributed by atoms with Crippen molar-refractivity contribution >= 4 is 27.6 Å². The van der Waals surface area contributed by atoms with Gasteiger partial charge in [0.25, 0.3) is 10.0 Å². The first-order valence-electron chi connectivity index (χ1n) is 9.74. The number of rotatable bonds is 8. The van der Waals surface area contributed by atoms with Gasteiger partial charge in [0, 0.05) is 19.0 Å². The molecule has 3 rings (SSSR count). The molecule has 2 aromatic carbocycles. The molecule has 0 saturated heterocycles. The quantitative estimate of drug-likeness (QED) is 0.595. The highest BCUT2D eigenvalue weighted by Gasteiger charge is 2.20. The van der Waals surface area contributed by atoms with Crippen LogP contribution in [0, 0.1) is 0 Å². The van der Waals surface area contributed by atoms with Crippen molar-refractivity contribution in [1.29, 1.82) is 0 Å². The van der Waals surface area contributed by atoms with Crippen LogP contribution < -0.4 is 19.5 Å². The zero-order valence-corrected chi connectivity index (χ0v) is 18.1. The summed E-state index contributed by atoms with van der Waals surface area (Å²) in [5.41, 5.74) is 0.870. The van der Waals surface area contributed by atoms with Gasteiger partial charge >= 0.3 is 5.97 Å². The molecule has 0 spiro atoms. The van der Waals surface area contributed by atoms with Crippen molar-refractivity contribution < 1.29 is 32.2 Å². The lowest BCUT2D eigenvalue weighted by atomic mass is 10.1. The molecule has 2 N–H and O–H groups in total. The maximum Gasteiger partial charge on any atom is 0.337 e. The van der Waals surface area contributed by atoms with E-state index >= 15 is 0 Å². The first kappa shape index (κ1) is 22.4. The van der Waals surface area contributed by atoms with E-state index < -0.39 is 16.0 Å². The van der Waals surface area contributed by atoms with Crippen LogP contribution in [0.3, 0.4) is 0 Å². The van der Waals surface area contributed by atoms with E-state index in [0.717, 1.165) is 0 Å². The van der Waals surface area contributed by atoms with E-state index in [2.05, 4.69) is 10.0 Å². The molecule has 31 heavy (non-hydrogen) atoms. The van der Waals surface area contributed by atoms with E-state index in [-0.39, 0.29) is 28.6 Å². The van der Waals surface area contributed by atoms with Gasteiger partial charge in [-0.2, -0.15) is 0 Å². The second kappa shape index (κ2) is 9.69. The number of hydrogen-bond donors (Lipinski definition) is 2. The number of ether oxygens (including phenoxy) is 3. The lowest BCUT2D eigenvalue weighted by Crippen LogP contribution is -2.22. The zero-order chi connectivity index (χ0) is 22.4. The summed E-state index contributed by atoms with van der Waals surface area (Å²) >= 11 is 0. The number of esters is 1. The molecule has 1 aliphatic heterocycles. The normalized spacial score (nSPS) is 12.7. The third-order valence-electron chi connectivity index (χ3n) is 4.46. The van der Waals surface area contributed by atoms with Crippen molar-refractivity contribution in [3.05, 3.63) is 47.5 Å². The molecular weight excluding hydrogens is 424 g/mol. The molecule has 0 bridgehead atoms. The topological polar surface area (TPSA) is 120 Å². The van der Waals surface area contributed by atoms with Gasteiger partial charge in [-0.05, 0) is 42.3 Å². The molecule has 0 aliphatic carbocycles. The first-order valence-corrected chi connectivity index (χ1v) is 11.2. The summed E-state index contributed by atoms with van der Waals surface area (Å²) in [4.78, 5) is 23.8. The standard InChI is InChI=1S/C21H24N2O7S/c1-3-4-20(24)22-13-14-9-15(21(25)28-2)11-16(10-14)23-31(26,27)17-5-6-18-19(12-17)30-8-7-29-18/h5-6,9-12,23H,3-4,7-8,13H2,1-2H3,(H,22,24). The summed E-state index contributed by atoms with van der Waals surface area (Å²) in [6.07, 6.45) is 1.08. The van der Waals surface area contributed by atoms with Crippen LogP contribution in [0.15, 0.2) is 41.3 Å². The monoisotopic (exact) mass is 448 g/mol. The van der Waals surface area contributed by atoms with Gasteiger partial charge in [0.05, 0.1) is 23.3 Å². The number of carbonyl (C=O) groups excluding carboxylic acids is 2. The van der Waals surface area contributed by atoms with Crippen LogP contribution in [-0.2, 0) is 26.1 Å². The Morgan fingerprint density at radius 2 is 1.81 bits per heavy atom. The summed E-state index contributed by atoms with van der Waals surface area (Å²) in [5.74, 6) is 0.0608. The first-order chi connectivity index (χ1) is 14.8. The summed E-state index contributed by atoms with van der Waals surface area (Å²) in [5, 5.41) is 2.74. The molecule has 0 atom stereocenters. The van der Waals surface area contributed by atoms with Crippen molar-refractivity contribution in [3.63, 3.8) is 0 Å². The lowest BCUT2D eigenvalue weighted by Gasteiger charge is -2.19. The molecule has 9 nitrogen and oxygen atoms in total. The smallest absolute Gasteiger partial charge is 0.337 e. The van der Waals surface area contributed by atoms with Crippen LogP contribution in [-0.4, -0.2) is 40.6 Å². The second-order valence-electron chi connectivity index (χ2n) is 6.85. The van der Waals surface area contributed by atoms with Gasteiger partial charge in [0.15, 0.2) is 11.5 Å². The molecule has 0 unspecified atom stereocenters. The number of anilines is 1. The number of hydrogen-bond acceptors (Lipinski definition) is 7. The molecule has 10 heteroatoms. The molecule has 1 aliphatic rings. The van der Waals surface area contributed by atoms with Crippen molar-refractivity contribution in [2.45, 2.75) is 31.2 Å². The molecule has 0 fully saturated rings. The predicted octanol–water partition coefficient (Wildman–Crippen LogP) is 2.46. The fraction of sp³-hybridized carbons (Fsp3) is 0.333. The number of fused-ring (bicyclic) bond motifs is 1. The third-order valence-corrected chi connectivity index (χ3v) is 5.84. The van der Waals surface area contributed by atoms with Crippen LogP contribution in [0.25, 0.3) is 0 Å². The van der Waals surface area contributed by atoms with E-state index in [0.29, 0.717) is 43.1 Å². The van der Waals surface area contributed by atoms with Gasteiger partial charge in [-0.3, -0.25) is 9.52 Å². The summed E-state index contributed by atoms with van der Waals surface area (Å²) in [7, 11) is -2.74. The minimum atomic E-state index is -3.98. The number of amides is 1. The fourth-order valence-electron chi connectivity index (χ4n) is 3.01. The molecule has 0 radical (unpaired) electrons. The fourth-order valence-corrected chi connectivity index (χ4v) is 4.07. The molecule has 0 aromatic heterocycles. The summed E-state index contributed by atoms with van der Waals surface area (Å²) in [6, 6.07) is 8.79. The number of sulfonamides is 1. The van der Waals surface area contributed by atoms with Crippen LogP contribution in [0.1, 0.15) is 35.7 Å². The zero-order valence-electron chi connectivity index (χ0n) is 17.3. The van der Waals surface area contributed by atoms with E-state index in [1.165, 1.54) is 31.4 Å². The number of nitrogens with one attached hydrogen (secondary N) is 2. The van der Waals surface area contributed by atoms with Crippen molar-refractivity contribution in [3.8, 4) is 11.5 Å². The average molecular weight is 448 g/mol. The lowest BCUT2D eigenvalue weighted by molar-refractivity contribution is -0.121. The maximum absolute atomic E-state index is 12.9. The Balaban J connectivity index is 1.87. The Kier molecular flexibility index (Phi) is 7.01. The highest BCUT2D eigenvalue weighted by atomic mass is 32.2. The maximum atomic E-state index is 12.9. The van der Waals surface area contributed by atoms with Crippen LogP contribution in [0.4, 0.5) is 5.69 Å². The van der Waals surface area contributed by atoms with Gasteiger partial charge in [-0.15, -0.1) is 0 Å². The Hall–Kier alpha value is -3.27. The highest BCUT2D eigenvalue weighted by molar-refractivity contribution is 7.92. The van der Waals surface area contributed by atoms with Crippen molar-refractivity contribution in [2.75, 3.05) is 25.0 Å². The Morgan fingerprint density at radius 1 is 1.06 bits per heavy atom. The van der Waals surface area contributed by atoms with Gasteiger partial charge in [0.1, 0.15) is 13.2 Å². The average Bonchev–Trinajstić information content (AvgIpc) is 2.76. The number of benzene rings is 2. The molecule has 2 aromatic rings. The van der Waals surface area contributed by atoms with Gasteiger partial charge in [0.2, 0.25) is 5.91 Å². The largest absolute Gasteiger partial charge is 0.486 e. The molecule has 166 valence electrons. The minimum absolute atomic E-state index is 0.0157. The van der Waals surface area contributed by atoms with Crippen molar-refractivity contribution in [1.82, 2.24) is 5.32 Å². The third kappa shape index (κ3) is 5.66. The molecule has 1 heterocycles. The molecule has 1 amide bonds. The van der Waals surface area contributed by atoms with Gasteiger partial charge in [-0.25, -0.2) is 13.2 Å². The SMILES string of the molecule is CCCC(=O)NCc1cc(NS(=O)(=O)c2ccc3c(c2)OCCO3)cc(C(=O)OC)c1. The molecule has 0 saturated carbocycles. The van der Waals surface area contributed by atoms with E-state index in [1.54, 1.807) is 12.1 Å². The molecular formula is C21H24N2O7S. The van der Waals surface area contributed by atoms with E-state index in [1.807, 2.05) is 6.92 Å². The Morgan fingerprint density at radius 3 is 2.52 bits per heavy atom. The van der Waals surface area contributed by atoms with Gasteiger partial charge in [-0.1, -0.05) is 6.92 Å². The van der Waals surface area contributed by atoms with Crippen LogP contribution in [0.2, 0.25) is 0 Å². The second-order valence-corrected chi connectivity index (χ2v) is 8.53. The van der Waals surface area contributed by atoms with Crippen molar-refractivity contribution in [2.24, 2.45) is 0 Å². The number of methoxy groups -OCH3 is 1. The minimum Gasteiger partial charge on any atom is -0.486 e. The van der Waals surface area contributed by atoms with Crippen LogP contribution in [0.5, 0.6) is 11.5 Å². The predicted molar refractivity (Wildman–Crippen MR) is 113 cm³/mol. The number of carbonyl (C=O) groups is 2. The van der Waals surface area contributed by atoms with E-state index in [4.69, 9.17) is 14.2 Å². The van der Waals surface area contributed by atoms with E-state index in [9.17, 15) is 18.0 Å².